The van der Waals surface area contributed by atoms with Gasteiger partial charge in [-0.25, -0.2) is 0 Å². The molecule has 3 nitrogen and oxygen atoms in total. The van der Waals surface area contributed by atoms with Gasteiger partial charge in [-0.1, -0.05) is 0 Å². The minimum atomic E-state index is 0.627. The van der Waals surface area contributed by atoms with Crippen molar-refractivity contribution in [2.45, 2.75) is 12.8 Å². The Morgan fingerprint density at radius 1 is 1.38 bits per heavy atom. The van der Waals surface area contributed by atoms with Gasteiger partial charge in [0.05, 0.1) is 10.2 Å². The number of nitrogen functional groups attached to an aromatic ring is 1. The quantitative estimate of drug-likeness (QED) is 0.683. The first-order chi connectivity index (χ1) is 7.75. The smallest absolute Gasteiger partial charge is 0.132 e. The molecule has 0 saturated carbocycles. The molecule has 0 aromatic heterocycles. The molecule has 0 unspecified atom stereocenters. The van der Waals surface area contributed by atoms with Crippen molar-refractivity contribution >= 4 is 28.3 Å². The maximum Gasteiger partial charge on any atom is 0.132 e. The first-order valence-corrected chi connectivity index (χ1v) is 6.59. The Kier molecular flexibility index (Phi) is 4.29. The van der Waals surface area contributed by atoms with Crippen LogP contribution in [0.3, 0.4) is 0 Å². The zero-order valence-corrected chi connectivity index (χ0v) is 11.3. The van der Waals surface area contributed by atoms with E-state index in [-0.39, 0.29) is 0 Å². The zero-order valence-electron chi connectivity index (χ0n) is 9.12. The first kappa shape index (κ1) is 12.0. The summed E-state index contributed by atoms with van der Waals surface area (Å²) in [4.78, 5) is 0. The normalized spacial score (nSPS) is 17.3. The standard InChI is InChI=1S/C12H16INO2/c13-11-7-10(14)1-2-12(11)16-8-9-3-5-15-6-4-9/h1-2,7,9H,3-6,8,14H2. The molecule has 1 heterocycles. The van der Waals surface area contributed by atoms with Crippen LogP contribution in [0.15, 0.2) is 18.2 Å². The van der Waals surface area contributed by atoms with E-state index in [1.807, 2.05) is 18.2 Å². The van der Waals surface area contributed by atoms with Crippen LogP contribution in [0.5, 0.6) is 5.75 Å². The second-order valence-corrected chi connectivity index (χ2v) is 5.22. The van der Waals surface area contributed by atoms with E-state index in [4.69, 9.17) is 15.2 Å². The van der Waals surface area contributed by atoms with Gasteiger partial charge in [0.2, 0.25) is 0 Å². The highest BCUT2D eigenvalue weighted by Gasteiger charge is 2.14. The molecule has 16 heavy (non-hydrogen) atoms. The van der Waals surface area contributed by atoms with Gasteiger partial charge in [0, 0.05) is 18.9 Å². The number of halogens is 1. The Labute approximate surface area is 109 Å². The topological polar surface area (TPSA) is 44.5 Å². The van der Waals surface area contributed by atoms with Crippen LogP contribution in [0.1, 0.15) is 12.8 Å². The highest BCUT2D eigenvalue weighted by molar-refractivity contribution is 14.1. The summed E-state index contributed by atoms with van der Waals surface area (Å²) in [5.74, 6) is 1.56. The van der Waals surface area contributed by atoms with Gasteiger partial charge in [-0.05, 0) is 59.5 Å². The van der Waals surface area contributed by atoms with Gasteiger partial charge in [-0.2, -0.15) is 0 Å². The van der Waals surface area contributed by atoms with Crippen molar-refractivity contribution in [2.75, 3.05) is 25.6 Å². The molecule has 0 spiro atoms. The molecule has 1 aliphatic heterocycles. The minimum absolute atomic E-state index is 0.627. The van der Waals surface area contributed by atoms with Gasteiger partial charge < -0.3 is 15.2 Å². The zero-order chi connectivity index (χ0) is 11.4. The summed E-state index contributed by atoms with van der Waals surface area (Å²) in [6, 6.07) is 5.75. The second-order valence-electron chi connectivity index (χ2n) is 4.06. The molecule has 2 N–H and O–H groups in total. The lowest BCUT2D eigenvalue weighted by atomic mass is 10.0. The monoisotopic (exact) mass is 333 g/mol. The van der Waals surface area contributed by atoms with Gasteiger partial charge in [0.1, 0.15) is 5.75 Å². The lowest BCUT2D eigenvalue weighted by Gasteiger charge is -2.22. The molecule has 1 fully saturated rings. The Morgan fingerprint density at radius 3 is 2.81 bits per heavy atom. The SMILES string of the molecule is Nc1ccc(OCC2CCOCC2)c(I)c1. The van der Waals surface area contributed by atoms with Gasteiger partial charge in [0.25, 0.3) is 0 Å². The number of hydrogen-bond donors (Lipinski definition) is 1. The number of ether oxygens (including phenoxy) is 2. The summed E-state index contributed by atoms with van der Waals surface area (Å²) in [7, 11) is 0. The third kappa shape index (κ3) is 3.25. The largest absolute Gasteiger partial charge is 0.492 e. The summed E-state index contributed by atoms with van der Waals surface area (Å²) >= 11 is 2.25. The van der Waals surface area contributed by atoms with Crippen molar-refractivity contribution in [3.05, 3.63) is 21.8 Å². The molecule has 4 heteroatoms. The van der Waals surface area contributed by atoms with E-state index in [1.165, 1.54) is 0 Å². The van der Waals surface area contributed by atoms with Gasteiger partial charge >= 0.3 is 0 Å². The first-order valence-electron chi connectivity index (χ1n) is 5.51. The van der Waals surface area contributed by atoms with E-state index in [9.17, 15) is 0 Å². The minimum Gasteiger partial charge on any atom is -0.492 e. The second kappa shape index (κ2) is 5.72. The predicted octanol–water partition coefficient (Wildman–Crippen LogP) is 2.68. The van der Waals surface area contributed by atoms with Crippen LogP contribution in [-0.2, 0) is 4.74 Å². The van der Waals surface area contributed by atoms with E-state index < -0.39 is 0 Å². The third-order valence-corrected chi connectivity index (χ3v) is 3.61. The molecule has 2 rings (SSSR count). The number of benzene rings is 1. The van der Waals surface area contributed by atoms with Gasteiger partial charge in [-0.3, -0.25) is 0 Å². The molecule has 0 atom stereocenters. The van der Waals surface area contributed by atoms with Crippen LogP contribution in [0.4, 0.5) is 5.69 Å². The fraction of sp³-hybridized carbons (Fsp3) is 0.500. The number of rotatable bonds is 3. The fourth-order valence-electron chi connectivity index (χ4n) is 1.75. The maximum absolute atomic E-state index is 5.81. The van der Waals surface area contributed by atoms with E-state index >= 15 is 0 Å². The molecule has 1 aromatic rings. The van der Waals surface area contributed by atoms with Crippen LogP contribution in [0.2, 0.25) is 0 Å². The van der Waals surface area contributed by atoms with Gasteiger partial charge in [0.15, 0.2) is 0 Å². The van der Waals surface area contributed by atoms with Crippen LogP contribution in [0.25, 0.3) is 0 Å². The van der Waals surface area contributed by atoms with Crippen molar-refractivity contribution in [1.29, 1.82) is 0 Å². The average Bonchev–Trinajstić information content (AvgIpc) is 2.29. The van der Waals surface area contributed by atoms with E-state index in [1.54, 1.807) is 0 Å². The lowest BCUT2D eigenvalue weighted by molar-refractivity contribution is 0.0496. The molecule has 0 amide bonds. The summed E-state index contributed by atoms with van der Waals surface area (Å²) in [5.41, 5.74) is 6.47. The van der Waals surface area contributed by atoms with E-state index in [2.05, 4.69) is 22.6 Å². The van der Waals surface area contributed by atoms with Crippen LogP contribution in [0, 0.1) is 9.49 Å². The van der Waals surface area contributed by atoms with Crippen LogP contribution < -0.4 is 10.5 Å². The number of anilines is 1. The Hall–Kier alpha value is -0.490. The predicted molar refractivity (Wildman–Crippen MR) is 72.6 cm³/mol. The van der Waals surface area contributed by atoms with Crippen molar-refractivity contribution in [2.24, 2.45) is 5.92 Å². The van der Waals surface area contributed by atoms with Crippen LogP contribution >= 0.6 is 22.6 Å². The average molecular weight is 333 g/mol. The fourth-order valence-corrected chi connectivity index (χ4v) is 2.45. The van der Waals surface area contributed by atoms with Crippen molar-refractivity contribution < 1.29 is 9.47 Å². The molecule has 0 bridgehead atoms. The molecule has 1 aromatic carbocycles. The highest BCUT2D eigenvalue weighted by Crippen LogP contribution is 2.24. The van der Waals surface area contributed by atoms with Gasteiger partial charge in [-0.15, -0.1) is 0 Å². The Bertz CT molecular complexity index is 351. The molecule has 0 radical (unpaired) electrons. The number of nitrogens with two attached hydrogens (primary N) is 1. The summed E-state index contributed by atoms with van der Waals surface area (Å²) in [6.07, 6.45) is 2.21. The Balaban J connectivity index is 1.88. The Morgan fingerprint density at radius 2 is 2.12 bits per heavy atom. The summed E-state index contributed by atoms with van der Waals surface area (Å²) in [6.45, 7) is 2.52. The number of hydrogen-bond acceptors (Lipinski definition) is 3. The third-order valence-electron chi connectivity index (χ3n) is 2.77. The lowest BCUT2D eigenvalue weighted by Crippen LogP contribution is -2.21. The molecule has 0 aliphatic carbocycles. The maximum atomic E-state index is 5.81. The van der Waals surface area contributed by atoms with Crippen molar-refractivity contribution in [3.63, 3.8) is 0 Å². The van der Waals surface area contributed by atoms with Crippen molar-refractivity contribution in [1.82, 2.24) is 0 Å². The van der Waals surface area contributed by atoms with E-state index in [0.717, 1.165) is 47.7 Å². The molecular formula is C12H16INO2. The molecule has 1 aliphatic rings. The van der Waals surface area contributed by atoms with Crippen molar-refractivity contribution in [3.8, 4) is 5.75 Å². The molecule has 1 saturated heterocycles. The molecular weight excluding hydrogens is 317 g/mol. The summed E-state index contributed by atoms with van der Waals surface area (Å²) in [5, 5.41) is 0. The molecule has 88 valence electrons. The summed E-state index contributed by atoms with van der Waals surface area (Å²) < 4.78 is 12.2. The van der Waals surface area contributed by atoms with E-state index in [0.29, 0.717) is 5.92 Å². The highest BCUT2D eigenvalue weighted by atomic mass is 127. The van der Waals surface area contributed by atoms with Crippen LogP contribution in [-0.4, -0.2) is 19.8 Å².